The molecule has 1 aliphatic heterocycles. The first-order valence-electron chi connectivity index (χ1n) is 13.8. The molecule has 9 heteroatoms. The van der Waals surface area contributed by atoms with Crippen LogP contribution in [0.3, 0.4) is 0 Å². The van der Waals surface area contributed by atoms with E-state index in [0.717, 1.165) is 34.2 Å². The number of aliphatic hydroxyl groups is 3. The van der Waals surface area contributed by atoms with Crippen molar-refractivity contribution in [2.24, 2.45) is 0 Å². The normalized spacial score (nSPS) is 22.1. The first kappa shape index (κ1) is 32.7. The van der Waals surface area contributed by atoms with E-state index in [-0.39, 0.29) is 5.91 Å². The van der Waals surface area contributed by atoms with E-state index in [1.807, 2.05) is 37.1 Å². The summed E-state index contributed by atoms with van der Waals surface area (Å²) >= 11 is 1.28. The van der Waals surface area contributed by atoms with Gasteiger partial charge in [-0.2, -0.15) is 0 Å². The lowest BCUT2D eigenvalue weighted by molar-refractivity contribution is -0.209. The molecule has 1 amide bonds. The molecule has 1 fully saturated rings. The summed E-state index contributed by atoms with van der Waals surface area (Å²) in [7, 11) is 1.92. The van der Waals surface area contributed by atoms with Crippen molar-refractivity contribution >= 4 is 17.1 Å². The van der Waals surface area contributed by atoms with E-state index < -0.39 is 30.5 Å². The molecule has 2 aromatic carbocycles. The van der Waals surface area contributed by atoms with Gasteiger partial charge < -0.3 is 30.1 Å². The van der Waals surface area contributed by atoms with Gasteiger partial charge in [0.2, 0.25) is 5.91 Å². The van der Waals surface area contributed by atoms with Crippen molar-refractivity contribution in [3.8, 4) is 17.5 Å². The molecule has 1 unspecified atom stereocenters. The minimum absolute atomic E-state index is 0.0300. The van der Waals surface area contributed by atoms with Crippen molar-refractivity contribution in [3.63, 3.8) is 0 Å². The molecule has 4 N–H and O–H groups in total. The van der Waals surface area contributed by atoms with Gasteiger partial charge >= 0.3 is 0 Å². The van der Waals surface area contributed by atoms with Crippen molar-refractivity contribution in [1.82, 2.24) is 10.2 Å². The first-order valence-corrected chi connectivity index (χ1v) is 15.1. The van der Waals surface area contributed by atoms with Crippen LogP contribution in [0.15, 0.2) is 42.5 Å². The highest BCUT2D eigenvalue weighted by molar-refractivity contribution is 7.87. The fourth-order valence-corrected chi connectivity index (χ4v) is 5.06. The van der Waals surface area contributed by atoms with Gasteiger partial charge in [0.05, 0.1) is 19.8 Å². The number of amides is 1. The van der Waals surface area contributed by atoms with Crippen LogP contribution in [0.5, 0.6) is 0 Å². The zero-order valence-corrected chi connectivity index (χ0v) is 24.9. The predicted octanol–water partition coefficient (Wildman–Crippen LogP) is 2.06. The van der Waals surface area contributed by atoms with Crippen LogP contribution in [0.25, 0.3) is 0 Å². The summed E-state index contributed by atoms with van der Waals surface area (Å²) < 4.78 is 11.6. The van der Waals surface area contributed by atoms with Crippen molar-refractivity contribution in [3.05, 3.63) is 70.3 Å². The monoisotopic (exact) mass is 582 g/mol. The van der Waals surface area contributed by atoms with E-state index in [9.17, 15) is 20.1 Å². The largest absolute Gasteiger partial charge is 0.387 e. The molecule has 8 nitrogen and oxygen atoms in total. The molecule has 1 aliphatic rings. The number of likely N-dealkylation sites (N-methyl/N-ethyl adjacent to an activating group) is 1. The number of hydrogen-bond donors (Lipinski definition) is 4. The number of nitrogens with one attached hydrogen (secondary N) is 1. The summed E-state index contributed by atoms with van der Waals surface area (Å²) in [5.41, 5.74) is 5.24. The standard InChI is InChI=1S/C32H42N2O6S/c1-5-15-34(3)16-14-33-28(35)13-18-39-17-12-23-7-9-24(10-8-23)19-26-20-25(11-6-22(26)2)32-31(38)30(37)29(36)27(40-32)21-41-4/h1,6-11,20,27,29-32,36-38H,12-19H2,2-4H3,(H,33,35)/t27?,29-,30+,31-,32+/m1/s1. The Kier molecular flexibility index (Phi) is 13.3. The number of carbonyl (C=O) groups is 1. The molecule has 0 saturated carbocycles. The maximum atomic E-state index is 11.9. The third-order valence-electron chi connectivity index (χ3n) is 7.15. The van der Waals surface area contributed by atoms with Gasteiger partial charge in [-0.3, -0.25) is 9.69 Å². The van der Waals surface area contributed by atoms with Gasteiger partial charge in [-0.1, -0.05) is 53.6 Å². The molecule has 0 spiro atoms. The zero-order chi connectivity index (χ0) is 29.8. The van der Waals surface area contributed by atoms with Crippen molar-refractivity contribution in [2.45, 2.75) is 56.7 Å². The SMILES string of the molecule is C#CCN(C)CCNC(=O)CCOCCc1ccc(Cc2cc([C@@H]3OC(C#SC)[C@@H](O)[C@H](O)[C@H]3O)ccc2C)cc1. The second-order valence-electron chi connectivity index (χ2n) is 10.4. The van der Waals surface area contributed by atoms with Gasteiger partial charge in [0.1, 0.15) is 30.5 Å². The minimum atomic E-state index is -1.33. The Bertz CT molecular complexity index is 1240. The van der Waals surface area contributed by atoms with Gasteiger partial charge in [-0.05, 0) is 54.6 Å². The molecule has 41 heavy (non-hydrogen) atoms. The van der Waals surface area contributed by atoms with Crippen LogP contribution in [0, 0.1) is 24.5 Å². The summed E-state index contributed by atoms with van der Waals surface area (Å²) in [6.45, 7) is 4.79. The average Bonchev–Trinajstić information content (AvgIpc) is 2.95. The lowest BCUT2D eigenvalue weighted by Gasteiger charge is -2.39. The summed E-state index contributed by atoms with van der Waals surface area (Å²) in [5.74, 6) is 2.54. The van der Waals surface area contributed by atoms with Crippen molar-refractivity contribution < 1.29 is 29.6 Å². The number of carbonyl (C=O) groups excluding carboxylic acids is 1. The van der Waals surface area contributed by atoms with Crippen LogP contribution in [0.2, 0.25) is 0 Å². The van der Waals surface area contributed by atoms with E-state index in [1.54, 1.807) is 6.26 Å². The van der Waals surface area contributed by atoms with Crippen molar-refractivity contribution in [2.75, 3.05) is 46.2 Å². The molecule has 222 valence electrons. The number of ether oxygens (including phenoxy) is 2. The van der Waals surface area contributed by atoms with Gasteiger partial charge in [-0.15, -0.1) is 17.6 Å². The molecular formula is C32H42N2O6S. The quantitative estimate of drug-likeness (QED) is 0.211. The smallest absolute Gasteiger partial charge is 0.222 e. The van der Waals surface area contributed by atoms with E-state index in [4.69, 9.17) is 15.9 Å². The minimum Gasteiger partial charge on any atom is -0.387 e. The Balaban J connectivity index is 1.47. The summed E-state index contributed by atoms with van der Waals surface area (Å²) in [6, 6.07) is 14.2. The Labute approximate surface area is 247 Å². The van der Waals surface area contributed by atoms with Crippen LogP contribution in [0.1, 0.15) is 40.3 Å². The van der Waals surface area contributed by atoms with Crippen LogP contribution in [-0.4, -0.2) is 96.7 Å². The fraction of sp³-hybridized carbons (Fsp3) is 0.500. The highest BCUT2D eigenvalue weighted by Crippen LogP contribution is 2.33. The Hall–Kier alpha value is -2.77. The van der Waals surface area contributed by atoms with E-state index >= 15 is 0 Å². The van der Waals surface area contributed by atoms with E-state index in [1.165, 1.54) is 11.2 Å². The molecule has 0 radical (unpaired) electrons. The maximum absolute atomic E-state index is 11.9. The second kappa shape index (κ2) is 16.6. The lowest BCUT2D eigenvalue weighted by Crippen LogP contribution is -2.53. The third-order valence-corrected chi connectivity index (χ3v) is 7.62. The molecule has 1 saturated heterocycles. The van der Waals surface area contributed by atoms with Gasteiger partial charge in [-0.25, -0.2) is 0 Å². The number of aliphatic hydroxyl groups excluding tert-OH is 3. The molecule has 5 atom stereocenters. The summed E-state index contributed by atoms with van der Waals surface area (Å²) in [4.78, 5) is 13.9. The lowest BCUT2D eigenvalue weighted by atomic mass is 9.89. The van der Waals surface area contributed by atoms with E-state index in [2.05, 4.69) is 40.7 Å². The summed E-state index contributed by atoms with van der Waals surface area (Å²) in [5, 5.41) is 37.0. The van der Waals surface area contributed by atoms with Crippen LogP contribution >= 0.6 is 11.2 Å². The molecular weight excluding hydrogens is 540 g/mol. The topological polar surface area (TPSA) is 111 Å². The molecule has 2 aromatic rings. The Morgan fingerprint density at radius 3 is 2.54 bits per heavy atom. The second-order valence-corrected chi connectivity index (χ2v) is 11.0. The highest BCUT2D eigenvalue weighted by Gasteiger charge is 2.43. The zero-order valence-electron chi connectivity index (χ0n) is 24.1. The third kappa shape index (κ3) is 9.93. The van der Waals surface area contributed by atoms with Gasteiger partial charge in [0, 0.05) is 25.8 Å². The molecule has 0 bridgehead atoms. The highest BCUT2D eigenvalue weighted by atomic mass is 32.1. The number of terminal acetylenes is 1. The van der Waals surface area contributed by atoms with E-state index in [0.29, 0.717) is 45.7 Å². The number of benzene rings is 2. The Morgan fingerprint density at radius 2 is 1.83 bits per heavy atom. The summed E-state index contributed by atoms with van der Waals surface area (Å²) in [6.07, 6.45) is 3.47. The van der Waals surface area contributed by atoms with Crippen LogP contribution < -0.4 is 5.32 Å². The van der Waals surface area contributed by atoms with Crippen LogP contribution in [-0.2, 0) is 27.1 Å². The molecule has 0 aliphatic carbocycles. The fourth-order valence-electron chi connectivity index (χ4n) is 4.64. The van der Waals surface area contributed by atoms with Gasteiger partial charge in [0.15, 0.2) is 0 Å². The Morgan fingerprint density at radius 1 is 1.10 bits per heavy atom. The first-order chi connectivity index (χ1) is 19.7. The van der Waals surface area contributed by atoms with Gasteiger partial charge in [0.25, 0.3) is 0 Å². The number of nitrogens with zero attached hydrogens (tertiary/aromatic N) is 1. The van der Waals surface area contributed by atoms with Crippen LogP contribution in [0.4, 0.5) is 0 Å². The van der Waals surface area contributed by atoms with Crippen molar-refractivity contribution in [1.29, 1.82) is 0 Å². The molecule has 1 heterocycles. The molecule has 3 rings (SSSR count). The average molecular weight is 583 g/mol. The number of aryl methyl sites for hydroxylation is 1. The molecule has 0 aromatic heterocycles. The predicted molar refractivity (Wildman–Crippen MR) is 162 cm³/mol. The number of hydrogen-bond acceptors (Lipinski definition) is 7. The maximum Gasteiger partial charge on any atom is 0.222 e. The number of rotatable bonds is 13.